The van der Waals surface area contributed by atoms with Gasteiger partial charge in [-0.15, -0.1) is 12.4 Å². The number of hydrogen-bond donors (Lipinski definition) is 1. The summed E-state index contributed by atoms with van der Waals surface area (Å²) in [6.45, 7) is 1.23. The second-order valence-corrected chi connectivity index (χ2v) is 3.87. The number of nitrogens with zero attached hydrogens (tertiary/aromatic N) is 1. The first-order valence-corrected chi connectivity index (χ1v) is 5.51. The summed E-state index contributed by atoms with van der Waals surface area (Å²) in [7, 11) is 1.53. The first-order chi connectivity index (χ1) is 8.24. The molecule has 1 unspecified atom stereocenters. The number of carbonyl (C=O) groups is 1. The first kappa shape index (κ1) is 14.8. The Hall–Kier alpha value is -1.30. The van der Waals surface area contributed by atoms with E-state index in [0.29, 0.717) is 13.2 Å². The average Bonchev–Trinajstić information content (AvgIpc) is 2.37. The van der Waals surface area contributed by atoms with Crippen molar-refractivity contribution in [1.82, 2.24) is 0 Å². The molecule has 0 radical (unpaired) electrons. The summed E-state index contributed by atoms with van der Waals surface area (Å²) in [4.78, 5) is 13.8. The maximum absolute atomic E-state index is 12.1. The van der Waals surface area contributed by atoms with Crippen LogP contribution in [0.4, 0.5) is 5.69 Å². The van der Waals surface area contributed by atoms with Gasteiger partial charge in [0.1, 0.15) is 18.4 Å². The first-order valence-electron chi connectivity index (χ1n) is 5.51. The van der Waals surface area contributed by atoms with Crippen molar-refractivity contribution in [2.24, 2.45) is 5.73 Å². The molecule has 0 aromatic heterocycles. The standard InChI is InChI=1S/C12H16N2O3.ClH/c1-16-8-9(13)12(15)14-6-7-17-11-5-3-2-4-10(11)14;/h2-5,9H,6-8,13H2,1H3;1H. The molecule has 0 saturated carbocycles. The summed E-state index contributed by atoms with van der Waals surface area (Å²) in [5.74, 6) is 0.583. The van der Waals surface area contributed by atoms with Crippen molar-refractivity contribution < 1.29 is 14.3 Å². The highest BCUT2D eigenvalue weighted by Gasteiger charge is 2.27. The molecule has 1 heterocycles. The molecule has 0 aliphatic carbocycles. The molecule has 0 fully saturated rings. The number of methoxy groups -OCH3 is 1. The third kappa shape index (κ3) is 2.93. The molecule has 6 heteroatoms. The highest BCUT2D eigenvalue weighted by molar-refractivity contribution is 5.98. The number of anilines is 1. The molecule has 1 amide bonds. The van der Waals surface area contributed by atoms with E-state index in [9.17, 15) is 4.79 Å². The SMILES string of the molecule is COCC(N)C(=O)N1CCOc2ccccc21.Cl. The van der Waals surface area contributed by atoms with E-state index in [1.54, 1.807) is 4.90 Å². The Balaban J connectivity index is 0.00000162. The molecule has 2 rings (SSSR count). The van der Waals surface area contributed by atoms with Crippen molar-refractivity contribution in [3.8, 4) is 5.75 Å². The van der Waals surface area contributed by atoms with Crippen molar-refractivity contribution in [3.05, 3.63) is 24.3 Å². The molecule has 0 spiro atoms. The van der Waals surface area contributed by atoms with Crippen LogP contribution in [0, 0.1) is 0 Å². The van der Waals surface area contributed by atoms with Gasteiger partial charge >= 0.3 is 0 Å². The Morgan fingerprint density at radius 3 is 3.00 bits per heavy atom. The summed E-state index contributed by atoms with van der Waals surface area (Å²) in [6, 6.07) is 6.81. The summed E-state index contributed by atoms with van der Waals surface area (Å²) >= 11 is 0. The molecule has 1 aromatic carbocycles. The summed E-state index contributed by atoms with van der Waals surface area (Å²) in [6.07, 6.45) is 0. The third-order valence-electron chi connectivity index (χ3n) is 2.66. The largest absolute Gasteiger partial charge is 0.490 e. The summed E-state index contributed by atoms with van der Waals surface area (Å²) in [5, 5.41) is 0. The van der Waals surface area contributed by atoms with Gasteiger partial charge in [0.15, 0.2) is 0 Å². The van der Waals surface area contributed by atoms with Gasteiger partial charge in [-0.3, -0.25) is 4.79 Å². The zero-order chi connectivity index (χ0) is 12.3. The number of ether oxygens (including phenoxy) is 2. The average molecular weight is 273 g/mol. The van der Waals surface area contributed by atoms with Gasteiger partial charge in [0.2, 0.25) is 5.91 Å². The van der Waals surface area contributed by atoms with Crippen molar-refractivity contribution in [3.63, 3.8) is 0 Å². The fourth-order valence-corrected chi connectivity index (χ4v) is 1.85. The lowest BCUT2D eigenvalue weighted by Gasteiger charge is -2.31. The van der Waals surface area contributed by atoms with Crippen LogP contribution in [-0.2, 0) is 9.53 Å². The zero-order valence-electron chi connectivity index (χ0n) is 10.2. The number of carbonyl (C=O) groups excluding carboxylic acids is 1. The number of nitrogens with two attached hydrogens (primary N) is 1. The van der Waals surface area contributed by atoms with Crippen molar-refractivity contribution in [2.45, 2.75) is 6.04 Å². The van der Waals surface area contributed by atoms with Crippen molar-refractivity contribution >= 4 is 24.0 Å². The zero-order valence-corrected chi connectivity index (χ0v) is 11.0. The third-order valence-corrected chi connectivity index (χ3v) is 2.66. The van der Waals surface area contributed by atoms with Gasteiger partial charge in [0.05, 0.1) is 18.8 Å². The van der Waals surface area contributed by atoms with Crippen LogP contribution in [0.1, 0.15) is 0 Å². The molecule has 0 saturated heterocycles. The van der Waals surface area contributed by atoms with Crippen LogP contribution in [0.15, 0.2) is 24.3 Å². The molecule has 0 bridgehead atoms. The van der Waals surface area contributed by atoms with E-state index in [0.717, 1.165) is 11.4 Å². The molecule has 100 valence electrons. The second kappa shape index (κ2) is 6.58. The number of halogens is 1. The van der Waals surface area contributed by atoms with Gasteiger partial charge in [0, 0.05) is 7.11 Å². The van der Waals surface area contributed by atoms with Crippen LogP contribution in [-0.4, -0.2) is 38.8 Å². The van der Waals surface area contributed by atoms with Gasteiger partial charge < -0.3 is 20.1 Å². The molecule has 1 aliphatic heterocycles. The number of hydrogen-bond acceptors (Lipinski definition) is 4. The number of fused-ring (bicyclic) bond motifs is 1. The molecule has 18 heavy (non-hydrogen) atoms. The van der Waals surface area contributed by atoms with E-state index in [-0.39, 0.29) is 24.9 Å². The van der Waals surface area contributed by atoms with Gasteiger partial charge in [-0.2, -0.15) is 0 Å². The maximum Gasteiger partial charge on any atom is 0.246 e. The highest BCUT2D eigenvalue weighted by atomic mass is 35.5. The Bertz CT molecular complexity index is 414. The Morgan fingerprint density at radius 2 is 2.28 bits per heavy atom. The number of benzene rings is 1. The molecule has 1 aliphatic rings. The van der Waals surface area contributed by atoms with E-state index in [1.165, 1.54) is 7.11 Å². The minimum absolute atomic E-state index is 0. The predicted molar refractivity (Wildman–Crippen MR) is 71.4 cm³/mol. The smallest absolute Gasteiger partial charge is 0.246 e. The fraction of sp³-hybridized carbons (Fsp3) is 0.417. The van der Waals surface area contributed by atoms with Crippen LogP contribution in [0.25, 0.3) is 0 Å². The fourth-order valence-electron chi connectivity index (χ4n) is 1.85. The predicted octanol–water partition coefficient (Wildman–Crippen LogP) is 0.808. The lowest BCUT2D eigenvalue weighted by Crippen LogP contribution is -2.49. The second-order valence-electron chi connectivity index (χ2n) is 3.87. The normalized spacial score (nSPS) is 15.1. The molecule has 1 atom stereocenters. The van der Waals surface area contributed by atoms with Gasteiger partial charge in [0.25, 0.3) is 0 Å². The van der Waals surface area contributed by atoms with Gasteiger partial charge in [-0.1, -0.05) is 12.1 Å². The van der Waals surface area contributed by atoms with E-state index >= 15 is 0 Å². The minimum atomic E-state index is -0.633. The molecular weight excluding hydrogens is 256 g/mol. The highest BCUT2D eigenvalue weighted by Crippen LogP contribution is 2.31. The summed E-state index contributed by atoms with van der Waals surface area (Å²) < 4.78 is 10.4. The van der Waals surface area contributed by atoms with Crippen molar-refractivity contribution in [1.29, 1.82) is 0 Å². The monoisotopic (exact) mass is 272 g/mol. The van der Waals surface area contributed by atoms with Crippen LogP contribution in [0.2, 0.25) is 0 Å². The van der Waals surface area contributed by atoms with E-state index in [1.807, 2.05) is 24.3 Å². The van der Waals surface area contributed by atoms with E-state index in [2.05, 4.69) is 0 Å². The maximum atomic E-state index is 12.1. The van der Waals surface area contributed by atoms with E-state index < -0.39 is 6.04 Å². The van der Waals surface area contributed by atoms with Crippen LogP contribution in [0.5, 0.6) is 5.75 Å². The van der Waals surface area contributed by atoms with Crippen LogP contribution >= 0.6 is 12.4 Å². The number of amides is 1. The van der Waals surface area contributed by atoms with Crippen molar-refractivity contribution in [2.75, 3.05) is 31.8 Å². The lowest BCUT2D eigenvalue weighted by atomic mass is 10.2. The number of para-hydroxylation sites is 2. The quantitative estimate of drug-likeness (QED) is 0.884. The van der Waals surface area contributed by atoms with Crippen LogP contribution in [0.3, 0.4) is 0 Å². The Kier molecular flexibility index (Phi) is 5.40. The molecule has 1 aromatic rings. The lowest BCUT2D eigenvalue weighted by molar-refractivity contribution is -0.121. The van der Waals surface area contributed by atoms with Gasteiger partial charge in [-0.25, -0.2) is 0 Å². The minimum Gasteiger partial charge on any atom is -0.490 e. The van der Waals surface area contributed by atoms with E-state index in [4.69, 9.17) is 15.2 Å². The summed E-state index contributed by atoms with van der Waals surface area (Å²) in [5.41, 5.74) is 6.53. The van der Waals surface area contributed by atoms with Crippen LogP contribution < -0.4 is 15.4 Å². The van der Waals surface area contributed by atoms with Gasteiger partial charge in [-0.05, 0) is 12.1 Å². The number of rotatable bonds is 3. The molecule has 2 N–H and O–H groups in total. The molecule has 5 nitrogen and oxygen atoms in total. The Labute approximate surface area is 112 Å². The topological polar surface area (TPSA) is 64.8 Å². The Morgan fingerprint density at radius 1 is 1.56 bits per heavy atom. The molecular formula is C12H17ClN2O3.